The van der Waals surface area contributed by atoms with Gasteiger partial charge in [-0.3, -0.25) is 4.79 Å². The van der Waals surface area contributed by atoms with Gasteiger partial charge in [-0.25, -0.2) is 0 Å². The Bertz CT molecular complexity index is 902. The van der Waals surface area contributed by atoms with Crippen molar-refractivity contribution in [1.82, 2.24) is 0 Å². The number of hydrogen-bond donors (Lipinski definition) is 0. The number of carbonyl (C=O) groups excluding carboxylic acids is 1. The highest BCUT2D eigenvalue weighted by Crippen LogP contribution is 2.43. The van der Waals surface area contributed by atoms with Crippen molar-refractivity contribution in [3.05, 3.63) is 98.7 Å². The van der Waals surface area contributed by atoms with Crippen molar-refractivity contribution < 1.29 is 4.79 Å². The smallest absolute Gasteiger partial charge is 0.190 e. The van der Waals surface area contributed by atoms with Crippen LogP contribution >= 0.6 is 11.3 Å². The Hall–Kier alpha value is -2.45. The first kappa shape index (κ1) is 14.2. The van der Waals surface area contributed by atoms with Crippen LogP contribution in [0.3, 0.4) is 0 Å². The van der Waals surface area contributed by atoms with Crippen LogP contribution in [-0.4, -0.2) is 5.78 Å². The average Bonchev–Trinajstić information content (AvgIpc) is 3.11. The molecule has 1 heterocycles. The molecule has 0 spiro atoms. The lowest BCUT2D eigenvalue weighted by Crippen LogP contribution is -2.02. The molecule has 4 rings (SSSR count). The maximum atomic E-state index is 13.0. The van der Waals surface area contributed by atoms with E-state index in [9.17, 15) is 4.79 Å². The number of carbonyl (C=O) groups is 1. The molecule has 0 unspecified atom stereocenters. The van der Waals surface area contributed by atoms with Gasteiger partial charge >= 0.3 is 0 Å². The van der Waals surface area contributed by atoms with E-state index in [1.165, 1.54) is 16.0 Å². The molecule has 1 nitrogen and oxygen atoms in total. The molecule has 0 N–H and O–H groups in total. The highest BCUT2D eigenvalue weighted by Gasteiger charge is 2.35. The number of ketones is 1. The summed E-state index contributed by atoms with van der Waals surface area (Å²) in [6, 6.07) is 20.4. The first-order valence-corrected chi connectivity index (χ1v) is 8.58. The maximum Gasteiger partial charge on any atom is 0.190 e. The van der Waals surface area contributed by atoms with Crippen LogP contribution in [0.25, 0.3) is 6.08 Å². The summed E-state index contributed by atoms with van der Waals surface area (Å²) in [5, 5.41) is 2.08. The van der Waals surface area contributed by atoms with Crippen molar-refractivity contribution in [3.63, 3.8) is 0 Å². The minimum Gasteiger partial charge on any atom is -0.289 e. The van der Waals surface area contributed by atoms with Gasteiger partial charge in [0.05, 0.1) is 0 Å². The molecule has 0 radical (unpaired) electrons. The highest BCUT2D eigenvalue weighted by molar-refractivity contribution is 7.11. The topological polar surface area (TPSA) is 17.1 Å². The SMILES string of the molecule is Cc1ccsc1/C=C1\C(=O)c2ccccc2[C@H]1c1ccccc1. The van der Waals surface area contributed by atoms with Crippen LogP contribution in [0.1, 0.15) is 37.8 Å². The van der Waals surface area contributed by atoms with E-state index < -0.39 is 0 Å². The standard InChI is InChI=1S/C21H16OS/c1-14-11-12-23-19(14)13-18-20(15-7-3-2-4-8-15)16-9-5-6-10-17(16)21(18)22/h2-13,20H,1H3/b18-13-/t20-/m1/s1. The lowest BCUT2D eigenvalue weighted by atomic mass is 9.89. The zero-order valence-corrected chi connectivity index (χ0v) is 13.6. The van der Waals surface area contributed by atoms with Crippen molar-refractivity contribution in [2.75, 3.05) is 0 Å². The van der Waals surface area contributed by atoms with Crippen LogP contribution in [0.4, 0.5) is 0 Å². The molecule has 1 aliphatic rings. The van der Waals surface area contributed by atoms with Crippen LogP contribution in [0.2, 0.25) is 0 Å². The number of hydrogen-bond acceptors (Lipinski definition) is 2. The predicted octanol–water partition coefficient (Wildman–Crippen LogP) is 5.47. The number of benzene rings is 2. The lowest BCUT2D eigenvalue weighted by Gasteiger charge is -2.13. The molecule has 0 bridgehead atoms. The van der Waals surface area contributed by atoms with E-state index in [1.807, 2.05) is 36.4 Å². The molecular formula is C21H16OS. The third-order valence-electron chi connectivity index (χ3n) is 4.41. The summed E-state index contributed by atoms with van der Waals surface area (Å²) < 4.78 is 0. The van der Waals surface area contributed by atoms with Crippen molar-refractivity contribution in [2.24, 2.45) is 0 Å². The van der Waals surface area contributed by atoms with Gasteiger partial charge in [0.25, 0.3) is 0 Å². The summed E-state index contributed by atoms with van der Waals surface area (Å²) in [6.45, 7) is 2.09. The van der Waals surface area contributed by atoms with E-state index in [2.05, 4.69) is 42.6 Å². The Morgan fingerprint density at radius 1 is 0.957 bits per heavy atom. The minimum atomic E-state index is 0.0291. The third-order valence-corrected chi connectivity index (χ3v) is 5.38. The Morgan fingerprint density at radius 2 is 1.70 bits per heavy atom. The van der Waals surface area contributed by atoms with Gasteiger partial charge in [-0.15, -0.1) is 11.3 Å². The Morgan fingerprint density at radius 3 is 2.43 bits per heavy atom. The summed E-state index contributed by atoms with van der Waals surface area (Å²) in [4.78, 5) is 14.1. The van der Waals surface area contributed by atoms with Gasteiger partial charge in [0.2, 0.25) is 0 Å². The monoisotopic (exact) mass is 316 g/mol. The summed E-state index contributed by atoms with van der Waals surface area (Å²) in [6.07, 6.45) is 2.08. The van der Waals surface area contributed by atoms with Crippen LogP contribution in [0.5, 0.6) is 0 Å². The second-order valence-electron chi connectivity index (χ2n) is 5.83. The van der Waals surface area contributed by atoms with Crippen LogP contribution in [-0.2, 0) is 0 Å². The van der Waals surface area contributed by atoms with E-state index in [0.717, 1.165) is 16.7 Å². The van der Waals surface area contributed by atoms with Crippen LogP contribution < -0.4 is 0 Å². The van der Waals surface area contributed by atoms with E-state index in [-0.39, 0.29) is 11.7 Å². The molecule has 0 amide bonds. The number of fused-ring (bicyclic) bond motifs is 1. The molecule has 1 aromatic heterocycles. The maximum absolute atomic E-state index is 13.0. The number of allylic oxidation sites excluding steroid dienone is 1. The molecule has 1 atom stereocenters. The lowest BCUT2D eigenvalue weighted by molar-refractivity contribution is 0.103. The molecule has 0 saturated heterocycles. The molecule has 2 heteroatoms. The molecule has 112 valence electrons. The number of rotatable bonds is 2. The van der Waals surface area contributed by atoms with E-state index in [4.69, 9.17) is 0 Å². The predicted molar refractivity (Wildman–Crippen MR) is 96.1 cm³/mol. The molecule has 1 aliphatic carbocycles. The fourth-order valence-corrected chi connectivity index (χ4v) is 4.10. The average molecular weight is 316 g/mol. The first-order valence-electron chi connectivity index (χ1n) is 7.70. The quantitative estimate of drug-likeness (QED) is 0.573. The fraction of sp³-hybridized carbons (Fsp3) is 0.0952. The largest absolute Gasteiger partial charge is 0.289 e. The zero-order valence-electron chi connectivity index (χ0n) is 12.8. The molecule has 2 aromatic carbocycles. The molecule has 23 heavy (non-hydrogen) atoms. The van der Waals surface area contributed by atoms with Gasteiger partial charge in [-0.1, -0.05) is 54.6 Å². The van der Waals surface area contributed by atoms with Crippen molar-refractivity contribution in [1.29, 1.82) is 0 Å². The Labute approximate surface area is 139 Å². The zero-order chi connectivity index (χ0) is 15.8. The summed E-state index contributed by atoms with van der Waals surface area (Å²) in [7, 11) is 0. The molecule has 0 aliphatic heterocycles. The van der Waals surface area contributed by atoms with E-state index in [1.54, 1.807) is 11.3 Å². The summed E-state index contributed by atoms with van der Waals surface area (Å²) in [5.41, 5.74) is 5.22. The van der Waals surface area contributed by atoms with Gasteiger partial charge < -0.3 is 0 Å². The van der Waals surface area contributed by atoms with Gasteiger partial charge in [-0.2, -0.15) is 0 Å². The van der Waals surface area contributed by atoms with Crippen molar-refractivity contribution in [2.45, 2.75) is 12.8 Å². The second-order valence-corrected chi connectivity index (χ2v) is 6.78. The first-order chi connectivity index (χ1) is 11.3. The van der Waals surface area contributed by atoms with Crippen molar-refractivity contribution >= 4 is 23.2 Å². The minimum absolute atomic E-state index is 0.0291. The number of aryl methyl sites for hydroxylation is 1. The second kappa shape index (κ2) is 5.64. The normalized spacial score (nSPS) is 18.4. The molecular weight excluding hydrogens is 300 g/mol. The van der Waals surface area contributed by atoms with E-state index >= 15 is 0 Å². The Kier molecular flexibility index (Phi) is 3.47. The fourth-order valence-electron chi connectivity index (χ4n) is 3.24. The number of thiophene rings is 1. The summed E-state index contributed by atoms with van der Waals surface area (Å²) >= 11 is 1.69. The highest BCUT2D eigenvalue weighted by atomic mass is 32.1. The van der Waals surface area contributed by atoms with Gasteiger partial charge in [-0.05, 0) is 41.1 Å². The van der Waals surface area contributed by atoms with Crippen molar-refractivity contribution in [3.8, 4) is 0 Å². The molecule has 3 aromatic rings. The van der Waals surface area contributed by atoms with Crippen LogP contribution in [0.15, 0.2) is 71.6 Å². The van der Waals surface area contributed by atoms with E-state index in [0.29, 0.717) is 0 Å². The molecule has 0 fully saturated rings. The third kappa shape index (κ3) is 2.36. The Balaban J connectivity index is 1.93. The van der Waals surface area contributed by atoms with Gasteiger partial charge in [0.1, 0.15) is 0 Å². The molecule has 0 saturated carbocycles. The van der Waals surface area contributed by atoms with Gasteiger partial charge in [0.15, 0.2) is 5.78 Å². The number of Topliss-reactive ketones (excluding diaryl/α,β-unsaturated/α-hetero) is 1. The summed E-state index contributed by atoms with van der Waals surface area (Å²) in [5.74, 6) is 0.184. The van der Waals surface area contributed by atoms with Gasteiger partial charge in [0, 0.05) is 21.9 Å². The van der Waals surface area contributed by atoms with Crippen LogP contribution in [0, 0.1) is 6.92 Å².